The summed E-state index contributed by atoms with van der Waals surface area (Å²) < 4.78 is 26.1. The number of amides is 3. The summed E-state index contributed by atoms with van der Waals surface area (Å²) in [4.78, 5) is 66.3. The number of piperidine rings is 2. The summed E-state index contributed by atoms with van der Waals surface area (Å²) in [5, 5.41) is 2.69. The molecule has 1 aromatic heterocycles. The monoisotopic (exact) mass is 723 g/mol. The van der Waals surface area contributed by atoms with Gasteiger partial charge in [0.15, 0.2) is 0 Å². The molecule has 1 atom stereocenters. The molecule has 13 nitrogen and oxygen atoms in total. The number of anilines is 1. The molecule has 3 saturated heterocycles. The number of ether oxygens (including phenoxy) is 2. The highest BCUT2D eigenvalue weighted by Crippen LogP contribution is 2.32. The van der Waals surface area contributed by atoms with Gasteiger partial charge in [-0.3, -0.25) is 34.3 Å². The van der Waals surface area contributed by atoms with Crippen molar-refractivity contribution in [1.29, 1.82) is 0 Å². The first-order chi connectivity index (χ1) is 25.7. The number of halogens is 1. The van der Waals surface area contributed by atoms with Gasteiger partial charge in [0.2, 0.25) is 11.8 Å². The van der Waals surface area contributed by atoms with Crippen molar-refractivity contribution < 1.29 is 28.2 Å². The fourth-order valence-electron chi connectivity index (χ4n) is 8.23. The lowest BCUT2D eigenvalue weighted by molar-refractivity contribution is -0.136. The SMILES string of the molecule is COc1cc(OC)c2c(=O)[nH]c(-c3ccc(N4CCC(N5CCN(Cc6cc7c(cc6F)C(=O)N(C6CCC(=O)NC6=O)C7)CC5)CC4)cc3)nc2c1. The third-order valence-electron chi connectivity index (χ3n) is 11.2. The van der Waals surface area contributed by atoms with Crippen LogP contribution in [0.1, 0.15) is 47.2 Å². The summed E-state index contributed by atoms with van der Waals surface area (Å²) in [5.74, 6) is -0.130. The zero-order valence-corrected chi connectivity index (χ0v) is 29.8. The largest absolute Gasteiger partial charge is 0.497 e. The highest BCUT2D eigenvalue weighted by Gasteiger charge is 2.40. The van der Waals surface area contributed by atoms with Crippen molar-refractivity contribution in [2.75, 3.05) is 58.4 Å². The molecule has 0 bridgehead atoms. The number of piperazine rings is 1. The minimum atomic E-state index is -0.720. The van der Waals surface area contributed by atoms with Crippen LogP contribution >= 0.6 is 0 Å². The Balaban J connectivity index is 0.842. The first kappa shape index (κ1) is 34.7. The number of carbonyl (C=O) groups is 3. The Labute approximate surface area is 305 Å². The van der Waals surface area contributed by atoms with Gasteiger partial charge < -0.3 is 24.3 Å². The summed E-state index contributed by atoms with van der Waals surface area (Å²) in [7, 11) is 3.07. The third kappa shape index (κ3) is 6.72. The average molecular weight is 724 g/mol. The van der Waals surface area contributed by atoms with Gasteiger partial charge in [0.1, 0.15) is 34.6 Å². The lowest BCUT2D eigenvalue weighted by atomic mass is 10.0. The Bertz CT molecular complexity index is 2140. The molecule has 5 heterocycles. The smallest absolute Gasteiger partial charge is 0.262 e. The van der Waals surface area contributed by atoms with E-state index < -0.39 is 17.8 Å². The molecule has 1 unspecified atom stereocenters. The number of fused-ring (bicyclic) bond motifs is 2. The second-order valence-electron chi connectivity index (χ2n) is 14.2. The van der Waals surface area contributed by atoms with Crippen LogP contribution < -0.4 is 25.2 Å². The molecule has 0 saturated carbocycles. The van der Waals surface area contributed by atoms with Crippen molar-refractivity contribution in [1.82, 2.24) is 30.0 Å². The van der Waals surface area contributed by atoms with Gasteiger partial charge in [-0.25, -0.2) is 9.37 Å². The maximum Gasteiger partial charge on any atom is 0.262 e. The number of methoxy groups -OCH3 is 2. The highest BCUT2D eigenvalue weighted by molar-refractivity contribution is 6.05. The molecule has 8 rings (SSSR count). The first-order valence-electron chi connectivity index (χ1n) is 18.1. The number of benzene rings is 3. The van der Waals surface area contributed by atoms with Crippen molar-refractivity contribution in [3.8, 4) is 22.9 Å². The van der Waals surface area contributed by atoms with E-state index in [1.165, 1.54) is 18.1 Å². The van der Waals surface area contributed by atoms with Crippen molar-refractivity contribution in [2.24, 2.45) is 0 Å². The highest BCUT2D eigenvalue weighted by atomic mass is 19.1. The van der Waals surface area contributed by atoms with E-state index in [1.807, 2.05) is 12.1 Å². The van der Waals surface area contributed by atoms with E-state index in [0.717, 1.165) is 68.9 Å². The molecule has 2 N–H and O–H groups in total. The summed E-state index contributed by atoms with van der Waals surface area (Å²) in [6.07, 6.45) is 2.54. The third-order valence-corrected chi connectivity index (χ3v) is 11.2. The molecule has 3 aromatic carbocycles. The number of aromatic nitrogens is 2. The Morgan fingerprint density at radius 3 is 2.34 bits per heavy atom. The van der Waals surface area contributed by atoms with Crippen LogP contribution in [0.25, 0.3) is 22.3 Å². The van der Waals surface area contributed by atoms with E-state index in [0.29, 0.717) is 51.9 Å². The summed E-state index contributed by atoms with van der Waals surface area (Å²) in [5.41, 5.74) is 3.73. The van der Waals surface area contributed by atoms with Crippen molar-refractivity contribution in [3.63, 3.8) is 0 Å². The number of carbonyl (C=O) groups excluding carboxylic acids is 3. The molecule has 4 aliphatic rings. The Morgan fingerprint density at radius 1 is 0.887 bits per heavy atom. The molecule has 4 aliphatic heterocycles. The lowest BCUT2D eigenvalue weighted by Crippen LogP contribution is -2.53. The predicted molar refractivity (Wildman–Crippen MR) is 195 cm³/mol. The van der Waals surface area contributed by atoms with Crippen LogP contribution in [0.15, 0.2) is 53.3 Å². The van der Waals surface area contributed by atoms with Gasteiger partial charge in [0.05, 0.1) is 19.7 Å². The summed E-state index contributed by atoms with van der Waals surface area (Å²) in [6, 6.07) is 14.4. The fraction of sp³-hybridized carbons (Fsp3) is 0.410. The van der Waals surface area contributed by atoms with Crippen LogP contribution in [0, 0.1) is 5.82 Å². The van der Waals surface area contributed by atoms with E-state index in [1.54, 1.807) is 25.3 Å². The minimum Gasteiger partial charge on any atom is -0.497 e. The number of imide groups is 1. The molecule has 4 aromatic rings. The molecular weight excluding hydrogens is 681 g/mol. The number of nitrogens with zero attached hydrogens (tertiary/aromatic N) is 5. The molecule has 53 heavy (non-hydrogen) atoms. The average Bonchev–Trinajstić information content (AvgIpc) is 3.48. The number of H-pyrrole nitrogens is 1. The van der Waals surface area contributed by atoms with E-state index in [4.69, 9.17) is 14.5 Å². The van der Waals surface area contributed by atoms with Gasteiger partial charge in [-0.1, -0.05) is 0 Å². The van der Waals surface area contributed by atoms with E-state index >= 15 is 4.39 Å². The number of hydrogen-bond donors (Lipinski definition) is 2. The Hall–Kier alpha value is -5.34. The number of hydrogen-bond acceptors (Lipinski definition) is 10. The zero-order valence-electron chi connectivity index (χ0n) is 29.8. The Morgan fingerprint density at radius 2 is 1.64 bits per heavy atom. The topological polar surface area (TPSA) is 140 Å². The number of rotatable bonds is 8. The van der Waals surface area contributed by atoms with Gasteiger partial charge >= 0.3 is 0 Å². The fourth-order valence-corrected chi connectivity index (χ4v) is 8.23. The second kappa shape index (κ2) is 14.2. The molecule has 0 radical (unpaired) electrons. The van der Waals surface area contributed by atoms with E-state index in [2.05, 4.69) is 37.1 Å². The van der Waals surface area contributed by atoms with Gasteiger partial charge in [-0.2, -0.15) is 0 Å². The molecule has 3 amide bonds. The molecule has 3 fully saturated rings. The maximum atomic E-state index is 15.3. The van der Waals surface area contributed by atoms with Gasteiger partial charge in [-0.05, 0) is 61.2 Å². The maximum absolute atomic E-state index is 15.3. The normalized spacial score (nSPS) is 20.2. The minimum absolute atomic E-state index is 0.180. The van der Waals surface area contributed by atoms with Crippen molar-refractivity contribution in [2.45, 2.75) is 50.9 Å². The standard InChI is InChI=1S/C39H42FN7O6/c1-52-28-18-31-35(33(19-28)53-2)38(50)43-36(41-31)23-3-5-26(6-4-23)45-11-9-27(10-12-45)46-15-13-44(14-16-46)21-25-17-24-22-47(39(51)29(24)20-30(25)40)32-7-8-34(48)42-37(32)49/h3-6,17-20,27,32H,7-16,21-22H2,1-2H3,(H,41,43,50)(H,42,48,49). The van der Waals surface area contributed by atoms with Crippen LogP contribution in [0.2, 0.25) is 0 Å². The van der Waals surface area contributed by atoms with E-state index in [-0.39, 0.29) is 36.8 Å². The summed E-state index contributed by atoms with van der Waals surface area (Å²) in [6.45, 7) is 6.02. The predicted octanol–water partition coefficient (Wildman–Crippen LogP) is 3.29. The molecular formula is C39H42FN7O6. The van der Waals surface area contributed by atoms with Crippen molar-refractivity contribution in [3.05, 3.63) is 81.4 Å². The first-order valence-corrected chi connectivity index (χ1v) is 18.1. The molecule has 0 aliphatic carbocycles. The summed E-state index contributed by atoms with van der Waals surface area (Å²) >= 11 is 0. The van der Waals surface area contributed by atoms with Crippen LogP contribution in [-0.4, -0.2) is 108 Å². The quantitative estimate of drug-likeness (QED) is 0.261. The van der Waals surface area contributed by atoms with Crippen LogP contribution in [0.4, 0.5) is 10.1 Å². The number of aromatic amines is 1. The van der Waals surface area contributed by atoms with Gasteiger partial charge in [0, 0.05) is 99.3 Å². The van der Waals surface area contributed by atoms with E-state index in [9.17, 15) is 19.2 Å². The van der Waals surface area contributed by atoms with Gasteiger partial charge in [0.25, 0.3) is 11.5 Å². The second-order valence-corrected chi connectivity index (χ2v) is 14.2. The molecule has 14 heteroatoms. The molecule has 0 spiro atoms. The van der Waals surface area contributed by atoms with Crippen LogP contribution in [0.5, 0.6) is 11.5 Å². The lowest BCUT2D eigenvalue weighted by Gasteiger charge is -2.43. The van der Waals surface area contributed by atoms with Gasteiger partial charge in [-0.15, -0.1) is 0 Å². The molecule has 276 valence electrons. The van der Waals surface area contributed by atoms with Crippen LogP contribution in [0.3, 0.4) is 0 Å². The van der Waals surface area contributed by atoms with Crippen LogP contribution in [-0.2, 0) is 22.7 Å². The Kier molecular flexibility index (Phi) is 9.33. The van der Waals surface area contributed by atoms with Crippen molar-refractivity contribution >= 4 is 34.3 Å². The zero-order chi connectivity index (χ0) is 36.8. The number of nitrogens with one attached hydrogen (secondary N) is 2.